The third-order valence-electron chi connectivity index (χ3n) is 2.41. The second-order valence-electron chi connectivity index (χ2n) is 3.67. The summed E-state index contributed by atoms with van der Waals surface area (Å²) < 4.78 is 15.8. The summed E-state index contributed by atoms with van der Waals surface area (Å²) in [6.45, 7) is 2.05. The van der Waals surface area contributed by atoms with Crippen molar-refractivity contribution in [1.29, 1.82) is 0 Å². The van der Waals surface area contributed by atoms with Gasteiger partial charge in [-0.15, -0.1) is 0 Å². The van der Waals surface area contributed by atoms with Gasteiger partial charge in [-0.1, -0.05) is 6.92 Å². The van der Waals surface area contributed by atoms with Crippen molar-refractivity contribution >= 4 is 28.3 Å². The van der Waals surface area contributed by atoms with Crippen LogP contribution in [0.25, 0.3) is 0 Å². The molecule has 0 radical (unpaired) electrons. The van der Waals surface area contributed by atoms with Crippen molar-refractivity contribution in [2.75, 3.05) is 30.5 Å². The van der Waals surface area contributed by atoms with E-state index in [1.165, 1.54) is 19.2 Å². The summed E-state index contributed by atoms with van der Waals surface area (Å²) in [7, 11) is 0.212. The number of nitro groups is 1. The number of methoxy groups -OCH3 is 1. The fourth-order valence-electron chi connectivity index (χ4n) is 1.38. The van der Waals surface area contributed by atoms with Gasteiger partial charge in [0.05, 0.1) is 12.0 Å². The van der Waals surface area contributed by atoms with Crippen LogP contribution in [-0.2, 0) is 15.5 Å². The molecule has 0 bridgehead atoms. The predicted molar refractivity (Wildman–Crippen MR) is 74.3 cm³/mol. The van der Waals surface area contributed by atoms with Gasteiger partial charge in [-0.25, -0.2) is 9.78 Å². The molecule has 0 aliphatic carbocycles. The molecule has 0 aliphatic rings. The van der Waals surface area contributed by atoms with E-state index in [1.807, 2.05) is 0 Å². The summed E-state index contributed by atoms with van der Waals surface area (Å²) in [6, 6.07) is 2.40. The van der Waals surface area contributed by atoms with E-state index in [1.54, 1.807) is 6.92 Å². The number of nitrogens with one attached hydrogen (secondary N) is 1. The van der Waals surface area contributed by atoms with Gasteiger partial charge in [-0.05, 0) is 6.07 Å². The van der Waals surface area contributed by atoms with Gasteiger partial charge in [0, 0.05) is 34.9 Å². The number of nitrogens with zero attached hydrogens (tertiary/aromatic N) is 2. The lowest BCUT2D eigenvalue weighted by molar-refractivity contribution is -0.384. The van der Waals surface area contributed by atoms with Gasteiger partial charge in [0.25, 0.3) is 0 Å². The summed E-state index contributed by atoms with van der Waals surface area (Å²) >= 11 is 0. The molecule has 110 valence electrons. The summed E-state index contributed by atoms with van der Waals surface area (Å²) in [4.78, 5) is 25.5. The van der Waals surface area contributed by atoms with Crippen LogP contribution in [0.1, 0.15) is 17.4 Å². The minimum atomic E-state index is -0.985. The molecule has 1 aromatic heterocycles. The molecule has 0 spiro atoms. The van der Waals surface area contributed by atoms with Crippen molar-refractivity contribution in [2.45, 2.75) is 6.92 Å². The highest BCUT2D eigenvalue weighted by molar-refractivity contribution is 7.84. The molecule has 8 nitrogen and oxygen atoms in total. The number of ether oxygens (including phenoxy) is 1. The maximum Gasteiger partial charge on any atom is 0.356 e. The van der Waals surface area contributed by atoms with E-state index in [4.69, 9.17) is 0 Å². The van der Waals surface area contributed by atoms with Gasteiger partial charge in [0.1, 0.15) is 0 Å². The Kier molecular flexibility index (Phi) is 6.04. The van der Waals surface area contributed by atoms with E-state index in [0.29, 0.717) is 11.5 Å². The topological polar surface area (TPSA) is 111 Å². The average Bonchev–Trinajstić information content (AvgIpc) is 2.45. The van der Waals surface area contributed by atoms with Gasteiger partial charge < -0.3 is 10.1 Å². The summed E-state index contributed by atoms with van der Waals surface area (Å²) in [5.74, 6) is 0.142. The summed E-state index contributed by atoms with van der Waals surface area (Å²) in [5.41, 5.74) is -0.280. The highest BCUT2D eigenvalue weighted by Crippen LogP contribution is 2.22. The Morgan fingerprint density at radius 2 is 2.25 bits per heavy atom. The standard InChI is InChI=1S/C11H15N3O5S/c1-3-20(18)7-6-12-10-9(14(16)17)5-4-8(13-10)11(15)19-2/h4-5H,3,6-7H2,1-2H3,(H,12,13). The summed E-state index contributed by atoms with van der Waals surface area (Å²) in [6.07, 6.45) is 0. The lowest BCUT2D eigenvalue weighted by Crippen LogP contribution is -2.15. The first-order chi connectivity index (χ1) is 9.49. The SMILES string of the molecule is CCS(=O)CCNc1nc(C(=O)OC)ccc1[N+](=O)[O-]. The molecular formula is C11H15N3O5S. The molecule has 1 aromatic rings. The van der Waals surface area contributed by atoms with Gasteiger partial charge in [-0.3, -0.25) is 14.3 Å². The van der Waals surface area contributed by atoms with Crippen LogP contribution in [0.5, 0.6) is 0 Å². The Hall–Kier alpha value is -2.03. The Morgan fingerprint density at radius 1 is 1.55 bits per heavy atom. The first-order valence-electron chi connectivity index (χ1n) is 5.82. The van der Waals surface area contributed by atoms with Crippen molar-refractivity contribution in [3.05, 3.63) is 27.9 Å². The zero-order chi connectivity index (χ0) is 15.1. The second-order valence-corrected chi connectivity index (χ2v) is 5.54. The lowest BCUT2D eigenvalue weighted by Gasteiger charge is -2.07. The number of anilines is 1. The van der Waals surface area contributed by atoms with Gasteiger partial charge in [-0.2, -0.15) is 0 Å². The Labute approximate surface area is 118 Å². The van der Waals surface area contributed by atoms with Crippen molar-refractivity contribution in [1.82, 2.24) is 4.98 Å². The number of aromatic nitrogens is 1. The number of pyridine rings is 1. The molecule has 0 aromatic carbocycles. The first-order valence-corrected chi connectivity index (χ1v) is 7.31. The summed E-state index contributed by atoms with van der Waals surface area (Å²) in [5, 5.41) is 13.6. The monoisotopic (exact) mass is 301 g/mol. The molecule has 1 unspecified atom stereocenters. The van der Waals surface area contributed by atoms with Gasteiger partial charge in [0.15, 0.2) is 5.69 Å². The van der Waals surface area contributed by atoms with E-state index in [2.05, 4.69) is 15.0 Å². The van der Waals surface area contributed by atoms with Crippen LogP contribution in [-0.4, -0.2) is 45.2 Å². The van der Waals surface area contributed by atoms with E-state index in [-0.39, 0.29) is 23.7 Å². The van der Waals surface area contributed by atoms with Gasteiger partial charge >= 0.3 is 11.7 Å². The normalized spacial score (nSPS) is 11.7. The fraction of sp³-hybridized carbons (Fsp3) is 0.455. The molecule has 20 heavy (non-hydrogen) atoms. The molecule has 1 atom stereocenters. The molecule has 1 rings (SSSR count). The van der Waals surface area contributed by atoms with Crippen molar-refractivity contribution < 1.29 is 18.7 Å². The number of rotatable bonds is 7. The Bertz CT molecular complexity index is 535. The Balaban J connectivity index is 2.91. The molecule has 0 amide bonds. The highest BCUT2D eigenvalue weighted by atomic mass is 32.2. The van der Waals surface area contributed by atoms with E-state index < -0.39 is 21.7 Å². The van der Waals surface area contributed by atoms with Crippen LogP contribution in [0.4, 0.5) is 11.5 Å². The largest absolute Gasteiger partial charge is 0.464 e. The van der Waals surface area contributed by atoms with E-state index in [9.17, 15) is 19.1 Å². The molecule has 0 aliphatic heterocycles. The Morgan fingerprint density at radius 3 is 2.80 bits per heavy atom. The highest BCUT2D eigenvalue weighted by Gasteiger charge is 2.18. The number of esters is 1. The number of carbonyl (C=O) groups is 1. The van der Waals surface area contributed by atoms with Gasteiger partial charge in [0.2, 0.25) is 5.82 Å². The smallest absolute Gasteiger partial charge is 0.356 e. The van der Waals surface area contributed by atoms with Crippen LogP contribution < -0.4 is 5.32 Å². The third kappa shape index (κ3) is 4.26. The molecule has 1 N–H and O–H groups in total. The lowest BCUT2D eigenvalue weighted by atomic mass is 10.3. The van der Waals surface area contributed by atoms with Crippen molar-refractivity contribution in [3.63, 3.8) is 0 Å². The third-order valence-corrected chi connectivity index (χ3v) is 3.71. The van der Waals surface area contributed by atoms with E-state index in [0.717, 1.165) is 0 Å². The minimum absolute atomic E-state index is 0.0304. The fourth-order valence-corrected chi connectivity index (χ4v) is 1.99. The van der Waals surface area contributed by atoms with Crippen molar-refractivity contribution in [2.24, 2.45) is 0 Å². The van der Waals surface area contributed by atoms with Crippen LogP contribution in [0.15, 0.2) is 12.1 Å². The molecule has 0 saturated heterocycles. The second kappa shape index (κ2) is 7.53. The van der Waals surface area contributed by atoms with E-state index >= 15 is 0 Å². The molecule has 1 heterocycles. The number of carbonyl (C=O) groups excluding carboxylic acids is 1. The molecule has 0 fully saturated rings. The molecular weight excluding hydrogens is 286 g/mol. The maximum atomic E-state index is 11.3. The van der Waals surface area contributed by atoms with Crippen LogP contribution in [0.2, 0.25) is 0 Å². The van der Waals surface area contributed by atoms with Crippen LogP contribution in [0.3, 0.4) is 0 Å². The minimum Gasteiger partial charge on any atom is -0.464 e. The zero-order valence-electron chi connectivity index (χ0n) is 11.1. The quantitative estimate of drug-likeness (QED) is 0.453. The maximum absolute atomic E-state index is 11.3. The van der Waals surface area contributed by atoms with Crippen molar-refractivity contribution in [3.8, 4) is 0 Å². The zero-order valence-corrected chi connectivity index (χ0v) is 11.9. The van der Waals surface area contributed by atoms with Crippen LogP contribution in [0, 0.1) is 10.1 Å². The molecule has 9 heteroatoms. The number of hydrogen-bond donors (Lipinski definition) is 1. The number of hydrogen-bond acceptors (Lipinski definition) is 7. The molecule has 0 saturated carbocycles. The van der Waals surface area contributed by atoms with Crippen LogP contribution >= 0.6 is 0 Å². The predicted octanol–water partition coefficient (Wildman–Crippen LogP) is 0.957. The average molecular weight is 301 g/mol. The first kappa shape index (κ1) is 16.0.